The summed E-state index contributed by atoms with van der Waals surface area (Å²) in [5.41, 5.74) is 1.86. The summed E-state index contributed by atoms with van der Waals surface area (Å²) in [4.78, 5) is 23.4. The van der Waals surface area contributed by atoms with Gasteiger partial charge in [0.15, 0.2) is 0 Å². The second kappa shape index (κ2) is 12.4. The summed E-state index contributed by atoms with van der Waals surface area (Å²) in [7, 11) is 0. The molecule has 0 aromatic heterocycles. The monoisotopic (exact) mass is 368 g/mol. The number of urea groups is 2. The highest BCUT2D eigenvalue weighted by atomic mass is 16.2. The minimum Gasteiger partial charge on any atom is -0.338 e. The van der Waals surface area contributed by atoms with Crippen LogP contribution < -0.4 is 21.3 Å². The standard InChI is InChI=1S/C21H28N4O2/c26-20(24-17-18-11-5-3-6-12-18)22-15-9-1-2-10-16-23-21(27)25-19-13-7-4-8-14-19/h3-8,11-14H,1-2,9-10,15-17H2,(H2,22,24,26)(H2,23,25,27). The minimum atomic E-state index is -0.182. The quantitative estimate of drug-likeness (QED) is 0.480. The molecule has 0 unspecified atom stereocenters. The van der Waals surface area contributed by atoms with Crippen molar-refractivity contribution >= 4 is 17.7 Å². The van der Waals surface area contributed by atoms with E-state index < -0.39 is 0 Å². The number of carbonyl (C=O) groups is 2. The van der Waals surface area contributed by atoms with Crippen molar-refractivity contribution in [3.63, 3.8) is 0 Å². The van der Waals surface area contributed by atoms with Crippen LogP contribution in [-0.4, -0.2) is 25.2 Å². The summed E-state index contributed by atoms with van der Waals surface area (Å²) in [5.74, 6) is 0. The molecule has 4 N–H and O–H groups in total. The van der Waals surface area contributed by atoms with Gasteiger partial charge < -0.3 is 21.3 Å². The van der Waals surface area contributed by atoms with Crippen LogP contribution in [0.4, 0.5) is 15.3 Å². The zero-order valence-electron chi connectivity index (χ0n) is 15.5. The molecule has 0 aliphatic rings. The molecule has 0 atom stereocenters. The maximum Gasteiger partial charge on any atom is 0.319 e. The van der Waals surface area contributed by atoms with Gasteiger partial charge in [0.25, 0.3) is 0 Å². The Kier molecular flexibility index (Phi) is 9.28. The first kappa shape index (κ1) is 20.3. The predicted molar refractivity (Wildman–Crippen MR) is 109 cm³/mol. The fourth-order valence-electron chi connectivity index (χ4n) is 2.54. The van der Waals surface area contributed by atoms with Crippen LogP contribution in [0.25, 0.3) is 0 Å². The van der Waals surface area contributed by atoms with E-state index in [4.69, 9.17) is 0 Å². The van der Waals surface area contributed by atoms with Gasteiger partial charge in [0.2, 0.25) is 0 Å². The third-order valence-electron chi connectivity index (χ3n) is 4.00. The smallest absolute Gasteiger partial charge is 0.319 e. The van der Waals surface area contributed by atoms with Gasteiger partial charge in [-0.05, 0) is 30.5 Å². The van der Waals surface area contributed by atoms with Gasteiger partial charge in [0, 0.05) is 25.3 Å². The van der Waals surface area contributed by atoms with Crippen LogP contribution in [0, 0.1) is 0 Å². The second-order valence-corrected chi connectivity index (χ2v) is 6.26. The first-order valence-corrected chi connectivity index (χ1v) is 9.39. The topological polar surface area (TPSA) is 82.3 Å². The molecule has 0 heterocycles. The van der Waals surface area contributed by atoms with Crippen molar-refractivity contribution in [2.75, 3.05) is 18.4 Å². The molecule has 0 saturated heterocycles. The molecule has 0 saturated carbocycles. The molecule has 2 rings (SSSR count). The molecule has 144 valence electrons. The minimum absolute atomic E-state index is 0.141. The number of benzene rings is 2. The van der Waals surface area contributed by atoms with E-state index in [0.29, 0.717) is 19.6 Å². The first-order valence-electron chi connectivity index (χ1n) is 9.39. The molecule has 4 amide bonds. The van der Waals surface area contributed by atoms with Gasteiger partial charge >= 0.3 is 12.1 Å². The van der Waals surface area contributed by atoms with Crippen LogP contribution in [0.15, 0.2) is 60.7 Å². The van der Waals surface area contributed by atoms with E-state index in [2.05, 4.69) is 21.3 Å². The number of para-hydroxylation sites is 1. The van der Waals surface area contributed by atoms with E-state index in [1.165, 1.54) is 0 Å². The van der Waals surface area contributed by atoms with Crippen molar-refractivity contribution in [2.45, 2.75) is 32.2 Å². The van der Waals surface area contributed by atoms with Crippen LogP contribution in [-0.2, 0) is 6.54 Å². The van der Waals surface area contributed by atoms with E-state index in [1.54, 1.807) is 0 Å². The van der Waals surface area contributed by atoms with Gasteiger partial charge in [0.05, 0.1) is 0 Å². The molecule has 6 nitrogen and oxygen atoms in total. The highest BCUT2D eigenvalue weighted by Gasteiger charge is 2.01. The molecule has 2 aromatic carbocycles. The summed E-state index contributed by atoms with van der Waals surface area (Å²) in [6.45, 7) is 1.83. The molecule has 0 radical (unpaired) electrons. The van der Waals surface area contributed by atoms with E-state index in [9.17, 15) is 9.59 Å². The summed E-state index contributed by atoms with van der Waals surface area (Å²) in [6.07, 6.45) is 3.87. The lowest BCUT2D eigenvalue weighted by Gasteiger charge is -2.08. The average Bonchev–Trinajstić information content (AvgIpc) is 2.70. The number of nitrogens with one attached hydrogen (secondary N) is 4. The lowest BCUT2D eigenvalue weighted by molar-refractivity contribution is 0.240. The molecule has 2 aromatic rings. The molecule has 0 aliphatic carbocycles. The Balaban J connectivity index is 1.41. The summed E-state index contributed by atoms with van der Waals surface area (Å²) >= 11 is 0. The van der Waals surface area contributed by atoms with Crippen molar-refractivity contribution in [3.8, 4) is 0 Å². The van der Waals surface area contributed by atoms with E-state index >= 15 is 0 Å². The molecule has 0 bridgehead atoms. The summed E-state index contributed by atoms with van der Waals surface area (Å²) in [6, 6.07) is 18.9. The molecule has 0 fully saturated rings. The molecule has 6 heteroatoms. The van der Waals surface area contributed by atoms with Crippen LogP contribution >= 0.6 is 0 Å². The zero-order chi connectivity index (χ0) is 19.2. The third kappa shape index (κ3) is 9.30. The van der Waals surface area contributed by atoms with Crippen LogP contribution in [0.3, 0.4) is 0 Å². The fraction of sp³-hybridized carbons (Fsp3) is 0.333. The van der Waals surface area contributed by atoms with Gasteiger partial charge in [-0.15, -0.1) is 0 Å². The number of anilines is 1. The van der Waals surface area contributed by atoms with Crippen molar-refractivity contribution in [2.24, 2.45) is 0 Å². The Bertz CT molecular complexity index is 677. The van der Waals surface area contributed by atoms with Crippen molar-refractivity contribution in [1.29, 1.82) is 0 Å². The number of rotatable bonds is 10. The molecule has 0 spiro atoms. The Morgan fingerprint density at radius 2 is 1.19 bits per heavy atom. The van der Waals surface area contributed by atoms with Crippen LogP contribution in [0.5, 0.6) is 0 Å². The predicted octanol–water partition coefficient (Wildman–Crippen LogP) is 3.87. The first-order chi connectivity index (χ1) is 13.2. The Labute approximate surface area is 160 Å². The number of carbonyl (C=O) groups excluding carboxylic acids is 2. The van der Waals surface area contributed by atoms with Gasteiger partial charge in [-0.3, -0.25) is 0 Å². The highest BCUT2D eigenvalue weighted by molar-refractivity contribution is 5.89. The summed E-state index contributed by atoms with van der Waals surface area (Å²) in [5, 5.41) is 11.3. The Morgan fingerprint density at radius 1 is 0.630 bits per heavy atom. The average molecular weight is 368 g/mol. The largest absolute Gasteiger partial charge is 0.338 e. The number of hydrogen-bond donors (Lipinski definition) is 4. The van der Waals surface area contributed by atoms with Crippen LogP contribution in [0.2, 0.25) is 0 Å². The molecular formula is C21H28N4O2. The maximum atomic E-state index is 11.7. The van der Waals surface area contributed by atoms with E-state index in [-0.39, 0.29) is 12.1 Å². The van der Waals surface area contributed by atoms with Gasteiger partial charge in [-0.1, -0.05) is 61.4 Å². The van der Waals surface area contributed by atoms with E-state index in [1.807, 2.05) is 60.7 Å². The Hall–Kier alpha value is -3.02. The highest BCUT2D eigenvalue weighted by Crippen LogP contribution is 2.04. The second-order valence-electron chi connectivity index (χ2n) is 6.26. The lowest BCUT2D eigenvalue weighted by Crippen LogP contribution is -2.35. The van der Waals surface area contributed by atoms with Crippen molar-refractivity contribution in [1.82, 2.24) is 16.0 Å². The number of unbranched alkanes of at least 4 members (excludes halogenated alkanes) is 3. The zero-order valence-corrected chi connectivity index (χ0v) is 15.5. The number of hydrogen-bond acceptors (Lipinski definition) is 2. The number of amides is 4. The molecule has 0 aliphatic heterocycles. The maximum absolute atomic E-state index is 11.7. The van der Waals surface area contributed by atoms with Crippen molar-refractivity contribution < 1.29 is 9.59 Å². The van der Waals surface area contributed by atoms with Crippen molar-refractivity contribution in [3.05, 3.63) is 66.2 Å². The SMILES string of the molecule is O=C(NCCCCCCNC(=O)Nc1ccccc1)NCc1ccccc1. The Morgan fingerprint density at radius 3 is 1.81 bits per heavy atom. The lowest BCUT2D eigenvalue weighted by atomic mass is 10.2. The van der Waals surface area contributed by atoms with E-state index in [0.717, 1.165) is 36.9 Å². The summed E-state index contributed by atoms with van der Waals surface area (Å²) < 4.78 is 0. The van der Waals surface area contributed by atoms with Crippen LogP contribution in [0.1, 0.15) is 31.2 Å². The van der Waals surface area contributed by atoms with Gasteiger partial charge in [-0.25, -0.2) is 9.59 Å². The normalized spacial score (nSPS) is 10.1. The molecular weight excluding hydrogens is 340 g/mol. The van der Waals surface area contributed by atoms with Gasteiger partial charge in [-0.2, -0.15) is 0 Å². The fourth-order valence-corrected chi connectivity index (χ4v) is 2.54. The molecule has 27 heavy (non-hydrogen) atoms. The third-order valence-corrected chi connectivity index (χ3v) is 4.00. The van der Waals surface area contributed by atoms with Gasteiger partial charge in [0.1, 0.15) is 0 Å².